The first kappa shape index (κ1) is 20.5. The Balaban J connectivity index is 2.00. The Labute approximate surface area is 181 Å². The fourth-order valence-corrected chi connectivity index (χ4v) is 6.34. The van der Waals surface area contributed by atoms with Crippen molar-refractivity contribution < 1.29 is 4.79 Å². The summed E-state index contributed by atoms with van der Waals surface area (Å²) in [4.78, 5) is 20.9. The molecule has 2 N–H and O–H groups in total. The van der Waals surface area contributed by atoms with Crippen molar-refractivity contribution in [2.75, 3.05) is 5.73 Å². The molecule has 3 aromatic heterocycles. The van der Waals surface area contributed by atoms with E-state index in [0.29, 0.717) is 16.5 Å². The van der Waals surface area contributed by atoms with Crippen LogP contribution in [0.1, 0.15) is 68.9 Å². The summed E-state index contributed by atoms with van der Waals surface area (Å²) in [7, 11) is 0. The molecule has 0 spiro atoms. The second-order valence-electron chi connectivity index (χ2n) is 10.3. The van der Waals surface area contributed by atoms with Crippen LogP contribution < -0.4 is 5.73 Å². The van der Waals surface area contributed by atoms with Crippen LogP contribution in [-0.4, -0.2) is 10.8 Å². The zero-order valence-corrected chi connectivity index (χ0v) is 19.8. The van der Waals surface area contributed by atoms with Crippen LogP contribution in [0.15, 0.2) is 17.5 Å². The van der Waals surface area contributed by atoms with Crippen molar-refractivity contribution in [3.05, 3.63) is 33.6 Å². The highest BCUT2D eigenvalue weighted by Gasteiger charge is 2.34. The third-order valence-corrected chi connectivity index (χ3v) is 8.11. The van der Waals surface area contributed by atoms with Crippen molar-refractivity contribution in [1.29, 1.82) is 0 Å². The zero-order chi connectivity index (χ0) is 21.1. The first-order chi connectivity index (χ1) is 13.5. The number of pyridine rings is 1. The Morgan fingerprint density at radius 1 is 1.21 bits per heavy atom. The Morgan fingerprint density at radius 2 is 1.93 bits per heavy atom. The van der Waals surface area contributed by atoms with Gasteiger partial charge < -0.3 is 5.73 Å². The number of carbonyl (C=O) groups is 1. The van der Waals surface area contributed by atoms with Gasteiger partial charge in [0.15, 0.2) is 5.78 Å². The van der Waals surface area contributed by atoms with Gasteiger partial charge in [-0.2, -0.15) is 0 Å². The predicted octanol–water partition coefficient (Wildman–Crippen LogP) is 6.99. The third-order valence-electron chi connectivity index (χ3n) is 6.12. The summed E-state index contributed by atoms with van der Waals surface area (Å²) in [6.45, 7) is 12.8. The molecule has 0 unspecified atom stereocenters. The van der Waals surface area contributed by atoms with Crippen LogP contribution in [0.25, 0.3) is 20.7 Å². The lowest BCUT2D eigenvalue weighted by atomic mass is 9.70. The van der Waals surface area contributed by atoms with Gasteiger partial charge in [-0.05, 0) is 47.6 Å². The molecule has 154 valence electrons. The maximum absolute atomic E-state index is 13.1. The third kappa shape index (κ3) is 3.53. The Hall–Kier alpha value is -1.72. The molecule has 3 nitrogen and oxygen atoms in total. The first-order valence-corrected chi connectivity index (χ1v) is 12.0. The molecular weight excluding hydrogens is 396 g/mol. The number of ketones is 1. The minimum Gasteiger partial charge on any atom is -0.397 e. The van der Waals surface area contributed by atoms with Crippen molar-refractivity contribution in [1.82, 2.24) is 4.98 Å². The van der Waals surface area contributed by atoms with Crippen LogP contribution in [0, 0.1) is 16.7 Å². The number of hydrogen-bond donors (Lipinski definition) is 1. The van der Waals surface area contributed by atoms with E-state index in [1.165, 1.54) is 33.0 Å². The smallest absolute Gasteiger partial charge is 0.180 e. The number of Topliss-reactive ketones (excluding diaryl/α,β-unsaturated/α-hetero) is 1. The van der Waals surface area contributed by atoms with Crippen LogP contribution in [0.2, 0.25) is 0 Å². The highest BCUT2D eigenvalue weighted by atomic mass is 32.1. The lowest BCUT2D eigenvalue weighted by Gasteiger charge is -2.35. The highest BCUT2D eigenvalue weighted by Crippen LogP contribution is 2.48. The lowest BCUT2D eigenvalue weighted by molar-refractivity contribution is 0.0863. The zero-order valence-electron chi connectivity index (χ0n) is 18.2. The van der Waals surface area contributed by atoms with Gasteiger partial charge in [-0.3, -0.25) is 4.79 Å². The number of rotatable bonds is 2. The largest absolute Gasteiger partial charge is 0.397 e. The van der Waals surface area contributed by atoms with Crippen molar-refractivity contribution in [2.24, 2.45) is 16.7 Å². The SMILES string of the molecule is CC(C)(C)C(=O)c1sc2nc3c(c(-c4cccs4)c2c1N)C[C@@H](C(C)(C)C)CC3. The number of anilines is 1. The maximum atomic E-state index is 13.1. The summed E-state index contributed by atoms with van der Waals surface area (Å²) in [5.74, 6) is 0.712. The average molecular weight is 427 g/mol. The monoisotopic (exact) mass is 426 g/mol. The maximum Gasteiger partial charge on any atom is 0.180 e. The van der Waals surface area contributed by atoms with E-state index in [9.17, 15) is 4.79 Å². The van der Waals surface area contributed by atoms with Gasteiger partial charge in [-0.15, -0.1) is 22.7 Å². The van der Waals surface area contributed by atoms with Gasteiger partial charge in [0.05, 0.1) is 10.6 Å². The molecule has 1 aliphatic carbocycles. The molecule has 5 heteroatoms. The van der Waals surface area contributed by atoms with Gasteiger partial charge >= 0.3 is 0 Å². The molecule has 3 heterocycles. The van der Waals surface area contributed by atoms with Crippen LogP contribution in [-0.2, 0) is 12.8 Å². The van der Waals surface area contributed by atoms with E-state index in [4.69, 9.17) is 10.7 Å². The van der Waals surface area contributed by atoms with Crippen LogP contribution >= 0.6 is 22.7 Å². The minimum atomic E-state index is -0.463. The van der Waals surface area contributed by atoms with Crippen LogP contribution in [0.5, 0.6) is 0 Å². The number of aromatic nitrogens is 1. The van der Waals surface area contributed by atoms with Crippen LogP contribution in [0.4, 0.5) is 5.69 Å². The normalized spacial score (nSPS) is 17.5. The second kappa shape index (κ2) is 6.92. The van der Waals surface area contributed by atoms with Gasteiger partial charge in [0.25, 0.3) is 0 Å². The molecule has 0 aromatic carbocycles. The number of carbonyl (C=O) groups excluding carboxylic acids is 1. The van der Waals surface area contributed by atoms with E-state index < -0.39 is 5.41 Å². The fourth-order valence-electron chi connectivity index (χ4n) is 4.26. The molecule has 29 heavy (non-hydrogen) atoms. The summed E-state index contributed by atoms with van der Waals surface area (Å²) >= 11 is 3.21. The first-order valence-electron chi connectivity index (χ1n) is 10.3. The average Bonchev–Trinajstić information content (AvgIpc) is 3.26. The summed E-state index contributed by atoms with van der Waals surface area (Å²) in [5.41, 5.74) is 10.8. The number of hydrogen-bond acceptors (Lipinski definition) is 5. The van der Waals surface area contributed by atoms with E-state index in [-0.39, 0.29) is 11.2 Å². The van der Waals surface area contributed by atoms with Crippen molar-refractivity contribution in [2.45, 2.75) is 60.8 Å². The van der Waals surface area contributed by atoms with Crippen LogP contribution in [0.3, 0.4) is 0 Å². The molecule has 0 bridgehead atoms. The van der Waals surface area contributed by atoms with E-state index in [0.717, 1.165) is 29.5 Å². The highest BCUT2D eigenvalue weighted by molar-refractivity contribution is 7.21. The Bertz CT molecular complexity index is 1080. The van der Waals surface area contributed by atoms with Gasteiger partial charge in [-0.1, -0.05) is 47.6 Å². The molecule has 0 radical (unpaired) electrons. The van der Waals surface area contributed by atoms with Gasteiger partial charge in [0, 0.05) is 26.9 Å². The summed E-state index contributed by atoms with van der Waals surface area (Å²) in [6, 6.07) is 4.26. The molecule has 0 amide bonds. The molecule has 0 fully saturated rings. The molecule has 1 atom stereocenters. The molecule has 3 aromatic rings. The van der Waals surface area contributed by atoms with Gasteiger partial charge in [0.2, 0.25) is 0 Å². The van der Waals surface area contributed by atoms with Gasteiger partial charge in [-0.25, -0.2) is 4.98 Å². The predicted molar refractivity (Wildman–Crippen MR) is 126 cm³/mol. The molecule has 1 aliphatic rings. The topological polar surface area (TPSA) is 56.0 Å². The molecule has 0 saturated carbocycles. The minimum absolute atomic E-state index is 0.0978. The number of thiophene rings is 2. The lowest BCUT2D eigenvalue weighted by Crippen LogP contribution is -2.27. The number of nitrogens with two attached hydrogens (primary N) is 1. The number of nitrogen functional groups attached to an aromatic ring is 1. The summed E-state index contributed by atoms with van der Waals surface area (Å²) < 4.78 is 0. The number of aryl methyl sites for hydroxylation is 1. The summed E-state index contributed by atoms with van der Waals surface area (Å²) in [6.07, 6.45) is 3.17. The number of fused-ring (bicyclic) bond motifs is 2. The quantitative estimate of drug-likeness (QED) is 0.449. The molecule has 0 saturated heterocycles. The van der Waals surface area contributed by atoms with Crippen molar-refractivity contribution in [3.63, 3.8) is 0 Å². The Kier molecular flexibility index (Phi) is 4.90. The summed E-state index contributed by atoms with van der Waals surface area (Å²) in [5, 5.41) is 3.10. The van der Waals surface area contributed by atoms with E-state index in [2.05, 4.69) is 38.3 Å². The van der Waals surface area contributed by atoms with Gasteiger partial charge in [0.1, 0.15) is 4.83 Å². The molecule has 4 rings (SSSR count). The second-order valence-corrected chi connectivity index (χ2v) is 12.2. The van der Waals surface area contributed by atoms with E-state index >= 15 is 0 Å². The standard InChI is InChI=1S/C24H30N2OS2/c1-23(2,3)13-9-10-15-14(12-13)17(16-8-7-11-28-16)18-19(25)20(29-22(18)26-15)21(27)24(4,5)6/h7-8,11,13H,9-10,12,25H2,1-6H3/t13-/m0/s1. The van der Waals surface area contributed by atoms with E-state index in [1.807, 2.05) is 20.8 Å². The molecule has 0 aliphatic heterocycles. The van der Waals surface area contributed by atoms with Crippen molar-refractivity contribution in [3.8, 4) is 10.4 Å². The molecular formula is C24H30N2OS2. The number of nitrogens with zero attached hydrogens (tertiary/aromatic N) is 1. The van der Waals surface area contributed by atoms with Crippen molar-refractivity contribution >= 4 is 44.4 Å². The Morgan fingerprint density at radius 3 is 2.52 bits per heavy atom. The fraction of sp³-hybridized carbons (Fsp3) is 0.500. The van der Waals surface area contributed by atoms with E-state index in [1.54, 1.807) is 11.3 Å².